The molecule has 1 aromatic carbocycles. The van der Waals surface area contributed by atoms with Crippen molar-refractivity contribution in [1.29, 1.82) is 0 Å². The minimum absolute atomic E-state index is 0.0423. The smallest absolute Gasteiger partial charge is 0.313 e. The normalized spacial score (nSPS) is 12.7. The van der Waals surface area contributed by atoms with Crippen molar-refractivity contribution in [2.75, 3.05) is 12.1 Å². The number of hydrogen-bond donors (Lipinski definition) is 2. The molecule has 0 aliphatic carbocycles. The number of aromatic nitrogens is 1. The van der Waals surface area contributed by atoms with Crippen molar-refractivity contribution in [3.8, 4) is 5.75 Å². The number of benzene rings is 1. The first-order valence-corrected chi connectivity index (χ1v) is 7.14. The molecular weight excluding hydrogens is 317 g/mol. The van der Waals surface area contributed by atoms with Crippen LogP contribution < -0.4 is 15.4 Å². The molecule has 0 radical (unpaired) electrons. The average molecular weight is 331 g/mol. The van der Waals surface area contributed by atoms with Crippen LogP contribution in [0.2, 0.25) is 0 Å². The summed E-state index contributed by atoms with van der Waals surface area (Å²) in [6, 6.07) is 5.80. The van der Waals surface area contributed by atoms with E-state index in [1.54, 1.807) is 18.3 Å². The Labute approximate surface area is 136 Å². The molecule has 0 saturated carbocycles. The number of hydrogen-bond acceptors (Lipinski definition) is 5. The molecule has 3 rings (SSSR count). The molecule has 24 heavy (non-hydrogen) atoms. The zero-order valence-electron chi connectivity index (χ0n) is 12.5. The quantitative estimate of drug-likeness (QED) is 0.829. The third-order valence-electron chi connectivity index (χ3n) is 3.32. The van der Waals surface area contributed by atoms with Crippen molar-refractivity contribution in [3.63, 3.8) is 0 Å². The van der Waals surface area contributed by atoms with Crippen molar-refractivity contribution < 1.29 is 23.5 Å². The van der Waals surface area contributed by atoms with Crippen LogP contribution in [0, 0.1) is 5.82 Å². The van der Waals surface area contributed by atoms with Gasteiger partial charge >= 0.3 is 11.8 Å². The molecule has 1 aliphatic rings. The number of amides is 2. The fourth-order valence-corrected chi connectivity index (χ4v) is 2.27. The Kier molecular flexibility index (Phi) is 4.66. The second kappa shape index (κ2) is 7.05. The van der Waals surface area contributed by atoms with E-state index in [1.165, 1.54) is 18.3 Å². The molecule has 0 fully saturated rings. The minimum atomic E-state index is -0.844. The molecule has 8 heteroatoms. The Morgan fingerprint density at radius 3 is 2.96 bits per heavy atom. The van der Waals surface area contributed by atoms with Crippen LogP contribution in [0.3, 0.4) is 0 Å². The average Bonchev–Trinajstić information content (AvgIpc) is 2.60. The molecule has 124 valence electrons. The molecule has 0 bridgehead atoms. The van der Waals surface area contributed by atoms with Crippen LogP contribution in [-0.4, -0.2) is 23.6 Å². The number of carbonyl (C=O) groups is 2. The highest BCUT2D eigenvalue weighted by Gasteiger charge is 2.19. The number of nitrogens with one attached hydrogen (secondary N) is 2. The molecule has 1 aromatic heterocycles. The number of ether oxygens (including phenoxy) is 2. The first-order valence-electron chi connectivity index (χ1n) is 7.14. The summed E-state index contributed by atoms with van der Waals surface area (Å²) >= 11 is 0. The molecule has 2 amide bonds. The van der Waals surface area contributed by atoms with Gasteiger partial charge in [0.15, 0.2) is 6.79 Å². The summed E-state index contributed by atoms with van der Waals surface area (Å²) in [5, 5.41) is 4.85. The third kappa shape index (κ3) is 3.66. The minimum Gasteiger partial charge on any atom is -0.467 e. The molecule has 0 atom stereocenters. The van der Waals surface area contributed by atoms with E-state index < -0.39 is 17.6 Å². The van der Waals surface area contributed by atoms with Crippen LogP contribution in [0.1, 0.15) is 11.1 Å². The third-order valence-corrected chi connectivity index (χ3v) is 3.32. The Bertz CT molecular complexity index is 767. The number of halogens is 1. The van der Waals surface area contributed by atoms with Gasteiger partial charge in [-0.15, -0.1) is 0 Å². The monoisotopic (exact) mass is 331 g/mol. The number of carbonyl (C=O) groups excluding carboxylic acids is 2. The van der Waals surface area contributed by atoms with Gasteiger partial charge in [0.25, 0.3) is 0 Å². The van der Waals surface area contributed by atoms with E-state index in [0.717, 1.165) is 0 Å². The zero-order chi connectivity index (χ0) is 16.9. The van der Waals surface area contributed by atoms with E-state index in [4.69, 9.17) is 9.47 Å². The topological polar surface area (TPSA) is 89.5 Å². The van der Waals surface area contributed by atoms with Crippen molar-refractivity contribution in [2.24, 2.45) is 0 Å². The summed E-state index contributed by atoms with van der Waals surface area (Å²) < 4.78 is 24.1. The van der Waals surface area contributed by atoms with Gasteiger partial charge in [-0.1, -0.05) is 0 Å². The summed E-state index contributed by atoms with van der Waals surface area (Å²) in [4.78, 5) is 27.5. The molecule has 7 nitrogen and oxygen atoms in total. The van der Waals surface area contributed by atoms with Gasteiger partial charge in [-0.05, 0) is 24.3 Å². The van der Waals surface area contributed by atoms with Gasteiger partial charge in [0, 0.05) is 23.9 Å². The summed E-state index contributed by atoms with van der Waals surface area (Å²) in [6.45, 7) is 0.246. The second-order valence-corrected chi connectivity index (χ2v) is 5.04. The second-order valence-electron chi connectivity index (χ2n) is 5.04. The lowest BCUT2D eigenvalue weighted by Crippen LogP contribution is -2.35. The van der Waals surface area contributed by atoms with Crippen LogP contribution in [0.25, 0.3) is 0 Å². The molecule has 2 heterocycles. The molecule has 0 spiro atoms. The number of anilines is 1. The fraction of sp³-hybridized carbons (Fsp3) is 0.188. The first kappa shape index (κ1) is 15.9. The molecule has 0 unspecified atom stereocenters. The van der Waals surface area contributed by atoms with E-state index >= 15 is 0 Å². The van der Waals surface area contributed by atoms with E-state index in [9.17, 15) is 14.0 Å². The van der Waals surface area contributed by atoms with Gasteiger partial charge in [-0.3, -0.25) is 14.6 Å². The molecule has 2 N–H and O–H groups in total. The number of nitrogens with zero attached hydrogens (tertiary/aromatic N) is 1. The van der Waals surface area contributed by atoms with Gasteiger partial charge < -0.3 is 20.1 Å². The number of fused-ring (bicyclic) bond motifs is 1. The van der Waals surface area contributed by atoms with Crippen molar-refractivity contribution >= 4 is 17.5 Å². The largest absolute Gasteiger partial charge is 0.467 e. The number of pyridine rings is 1. The highest BCUT2D eigenvalue weighted by molar-refractivity contribution is 6.39. The highest BCUT2D eigenvalue weighted by Crippen LogP contribution is 2.29. The van der Waals surface area contributed by atoms with Gasteiger partial charge in [-0.2, -0.15) is 0 Å². The Morgan fingerprint density at radius 1 is 1.29 bits per heavy atom. The van der Waals surface area contributed by atoms with Crippen LogP contribution in [-0.2, 0) is 27.5 Å². The van der Waals surface area contributed by atoms with Crippen molar-refractivity contribution in [1.82, 2.24) is 10.3 Å². The van der Waals surface area contributed by atoms with E-state index in [0.29, 0.717) is 22.6 Å². The summed E-state index contributed by atoms with van der Waals surface area (Å²) in [5.74, 6) is -1.68. The van der Waals surface area contributed by atoms with Gasteiger partial charge in [0.05, 0.1) is 18.5 Å². The maximum atomic E-state index is 13.6. The van der Waals surface area contributed by atoms with Crippen molar-refractivity contribution in [2.45, 2.75) is 13.2 Å². The summed E-state index contributed by atoms with van der Waals surface area (Å²) in [7, 11) is 0. The van der Waals surface area contributed by atoms with Crippen LogP contribution >= 0.6 is 0 Å². The molecule has 2 aromatic rings. The van der Waals surface area contributed by atoms with Crippen LogP contribution in [0.15, 0.2) is 36.7 Å². The summed E-state index contributed by atoms with van der Waals surface area (Å²) in [6.07, 6.45) is 2.97. The van der Waals surface area contributed by atoms with Crippen LogP contribution in [0.5, 0.6) is 5.75 Å². The Balaban J connectivity index is 1.64. The summed E-state index contributed by atoms with van der Waals surface area (Å²) in [5.41, 5.74) is 1.41. The predicted octanol–water partition coefficient (Wildman–Crippen LogP) is 1.34. The lowest BCUT2D eigenvalue weighted by Gasteiger charge is -2.21. The van der Waals surface area contributed by atoms with E-state index in [1.807, 2.05) is 0 Å². The first-order chi connectivity index (χ1) is 11.6. The number of rotatable bonds is 3. The standard InChI is InChI=1S/C16H14FN3O4/c17-12-4-10(14-11(5-12)8-23-9-24-14)6-19-15(21)16(22)20-13-2-1-3-18-7-13/h1-5,7H,6,8-9H2,(H,19,21)(H,20,22). The lowest BCUT2D eigenvalue weighted by atomic mass is 10.1. The highest BCUT2D eigenvalue weighted by atomic mass is 19.1. The van der Waals surface area contributed by atoms with Crippen LogP contribution in [0.4, 0.5) is 10.1 Å². The lowest BCUT2D eigenvalue weighted by molar-refractivity contribution is -0.136. The van der Waals surface area contributed by atoms with E-state index in [-0.39, 0.29) is 19.9 Å². The maximum Gasteiger partial charge on any atom is 0.313 e. The zero-order valence-corrected chi connectivity index (χ0v) is 12.5. The van der Waals surface area contributed by atoms with Crippen molar-refractivity contribution in [3.05, 3.63) is 53.6 Å². The SMILES string of the molecule is O=C(NCc1cc(F)cc2c1OCOC2)C(=O)Nc1cccnc1. The van der Waals surface area contributed by atoms with Gasteiger partial charge in [0.1, 0.15) is 11.6 Å². The van der Waals surface area contributed by atoms with Gasteiger partial charge in [0.2, 0.25) is 0 Å². The Hall–Kier alpha value is -3.00. The van der Waals surface area contributed by atoms with E-state index in [2.05, 4.69) is 15.6 Å². The predicted molar refractivity (Wildman–Crippen MR) is 81.4 cm³/mol. The molecule has 0 saturated heterocycles. The van der Waals surface area contributed by atoms with Gasteiger partial charge in [-0.25, -0.2) is 4.39 Å². The molecule has 1 aliphatic heterocycles. The Morgan fingerprint density at radius 2 is 2.17 bits per heavy atom. The molecular formula is C16H14FN3O4. The maximum absolute atomic E-state index is 13.6. The fourth-order valence-electron chi connectivity index (χ4n) is 2.27.